The molecule has 0 saturated carbocycles. The molecule has 8 heteroatoms. The number of carbonyl (C=O) groups excluding carboxylic acids is 1. The van der Waals surface area contributed by atoms with Gasteiger partial charge in [0.1, 0.15) is 5.60 Å². The summed E-state index contributed by atoms with van der Waals surface area (Å²) in [4.78, 5) is 12.0. The molecule has 2 N–H and O–H groups in total. The molecular formula is C17H23F3N2O3. The number of amides is 1. The van der Waals surface area contributed by atoms with Gasteiger partial charge < -0.3 is 14.8 Å². The van der Waals surface area contributed by atoms with Crippen LogP contribution in [0, 0.1) is 0 Å². The number of alkyl halides is 3. The lowest BCUT2D eigenvalue weighted by molar-refractivity contribution is -0.274. The molecule has 1 saturated heterocycles. The molecular weight excluding hydrogens is 337 g/mol. The molecule has 140 valence electrons. The highest BCUT2D eigenvalue weighted by molar-refractivity contribution is 5.87. The van der Waals surface area contributed by atoms with Crippen LogP contribution in [0.5, 0.6) is 5.75 Å². The van der Waals surface area contributed by atoms with Crippen molar-refractivity contribution in [2.24, 2.45) is 0 Å². The zero-order valence-electron chi connectivity index (χ0n) is 14.5. The second-order valence-electron chi connectivity index (χ2n) is 6.97. The smallest absolute Gasteiger partial charge is 0.444 e. The van der Waals surface area contributed by atoms with Gasteiger partial charge in [0, 0.05) is 6.54 Å². The molecule has 0 radical (unpaired) electrons. The molecule has 0 aliphatic carbocycles. The van der Waals surface area contributed by atoms with Crippen molar-refractivity contribution in [1.82, 2.24) is 5.32 Å². The Hall–Kier alpha value is -1.96. The molecule has 1 unspecified atom stereocenters. The van der Waals surface area contributed by atoms with Crippen LogP contribution < -0.4 is 15.4 Å². The van der Waals surface area contributed by atoms with Gasteiger partial charge in [0.2, 0.25) is 0 Å². The maximum atomic E-state index is 12.6. The van der Waals surface area contributed by atoms with Gasteiger partial charge >= 0.3 is 12.5 Å². The van der Waals surface area contributed by atoms with Crippen LogP contribution in [0.1, 0.15) is 45.1 Å². The van der Waals surface area contributed by atoms with E-state index in [0.29, 0.717) is 0 Å². The normalized spacial score (nSPS) is 18.6. The quantitative estimate of drug-likeness (QED) is 0.839. The first-order valence-electron chi connectivity index (χ1n) is 8.14. The van der Waals surface area contributed by atoms with Gasteiger partial charge in [-0.15, -0.1) is 13.2 Å². The van der Waals surface area contributed by atoms with E-state index in [4.69, 9.17) is 4.74 Å². The van der Waals surface area contributed by atoms with Gasteiger partial charge in [0.15, 0.2) is 5.75 Å². The number of nitrogens with one attached hydrogen (secondary N) is 2. The standard InChI is InChI=1S/C17H23F3N2O3/c1-16(2,3)25-15(23)22-13-9-11(12-5-4-8-21-10-12)6-7-14(13)24-17(18,19)20/h6-7,9,12,21H,4-5,8,10H2,1-3H3,(H,22,23). The average molecular weight is 360 g/mol. The van der Waals surface area contributed by atoms with E-state index in [1.165, 1.54) is 12.1 Å². The first-order valence-corrected chi connectivity index (χ1v) is 8.14. The second kappa shape index (κ2) is 7.51. The largest absolute Gasteiger partial charge is 0.573 e. The van der Waals surface area contributed by atoms with E-state index < -0.39 is 23.8 Å². The van der Waals surface area contributed by atoms with Gasteiger partial charge in [0.25, 0.3) is 0 Å². The molecule has 0 spiro atoms. The predicted molar refractivity (Wildman–Crippen MR) is 87.8 cm³/mol. The summed E-state index contributed by atoms with van der Waals surface area (Å²) in [5, 5.41) is 5.62. The van der Waals surface area contributed by atoms with Gasteiger partial charge in [-0.25, -0.2) is 4.79 Å². The Morgan fingerprint density at radius 3 is 2.56 bits per heavy atom. The Morgan fingerprint density at radius 2 is 2.00 bits per heavy atom. The third-order valence-corrected chi connectivity index (χ3v) is 3.63. The molecule has 1 aromatic carbocycles. The highest BCUT2D eigenvalue weighted by atomic mass is 19.4. The van der Waals surface area contributed by atoms with Crippen molar-refractivity contribution >= 4 is 11.8 Å². The van der Waals surface area contributed by atoms with E-state index in [0.717, 1.165) is 31.5 Å². The summed E-state index contributed by atoms with van der Waals surface area (Å²) in [6.07, 6.45) is -3.77. The van der Waals surface area contributed by atoms with Crippen molar-refractivity contribution in [2.75, 3.05) is 18.4 Å². The van der Waals surface area contributed by atoms with E-state index >= 15 is 0 Å². The van der Waals surface area contributed by atoms with Crippen LogP contribution in [0.4, 0.5) is 23.7 Å². The fraction of sp³-hybridized carbons (Fsp3) is 0.588. The summed E-state index contributed by atoms with van der Waals surface area (Å²) in [5.74, 6) is -0.293. The summed E-state index contributed by atoms with van der Waals surface area (Å²) >= 11 is 0. The van der Waals surface area contributed by atoms with Crippen molar-refractivity contribution in [1.29, 1.82) is 0 Å². The second-order valence-corrected chi connectivity index (χ2v) is 6.97. The minimum Gasteiger partial charge on any atom is -0.444 e. The lowest BCUT2D eigenvalue weighted by atomic mass is 9.91. The molecule has 1 fully saturated rings. The van der Waals surface area contributed by atoms with Crippen molar-refractivity contribution in [3.05, 3.63) is 23.8 Å². The lowest BCUT2D eigenvalue weighted by Crippen LogP contribution is -2.29. The zero-order valence-corrected chi connectivity index (χ0v) is 14.5. The molecule has 2 rings (SSSR count). The summed E-state index contributed by atoms with van der Waals surface area (Å²) < 4.78 is 47.0. The summed E-state index contributed by atoms with van der Waals surface area (Å²) in [6.45, 7) is 6.68. The van der Waals surface area contributed by atoms with Gasteiger partial charge in [-0.3, -0.25) is 5.32 Å². The molecule has 1 atom stereocenters. The molecule has 1 aliphatic heterocycles. The number of halogens is 3. The van der Waals surface area contributed by atoms with Crippen LogP contribution in [0.15, 0.2) is 18.2 Å². The van der Waals surface area contributed by atoms with Crippen LogP contribution in [-0.2, 0) is 4.74 Å². The Kier molecular flexibility index (Phi) is 5.82. The fourth-order valence-electron chi connectivity index (χ4n) is 2.66. The average Bonchev–Trinajstić information content (AvgIpc) is 2.46. The van der Waals surface area contributed by atoms with Crippen molar-refractivity contribution < 1.29 is 27.4 Å². The Bertz CT molecular complexity index is 606. The predicted octanol–water partition coefficient (Wildman–Crippen LogP) is 4.40. The highest BCUT2D eigenvalue weighted by Crippen LogP contribution is 2.34. The minimum atomic E-state index is -4.85. The maximum Gasteiger partial charge on any atom is 0.573 e. The van der Waals surface area contributed by atoms with E-state index in [2.05, 4.69) is 15.4 Å². The number of carbonyl (C=O) groups is 1. The van der Waals surface area contributed by atoms with Gasteiger partial charge in [-0.2, -0.15) is 0 Å². The fourth-order valence-corrected chi connectivity index (χ4v) is 2.66. The molecule has 5 nitrogen and oxygen atoms in total. The first-order chi connectivity index (χ1) is 11.5. The molecule has 0 bridgehead atoms. The van der Waals surface area contributed by atoms with Crippen molar-refractivity contribution in [3.8, 4) is 5.75 Å². The molecule has 1 aromatic rings. The van der Waals surface area contributed by atoms with Crippen LogP contribution in [0.25, 0.3) is 0 Å². The van der Waals surface area contributed by atoms with Crippen LogP contribution in [0.3, 0.4) is 0 Å². The van der Waals surface area contributed by atoms with Gasteiger partial charge in [-0.1, -0.05) is 6.07 Å². The minimum absolute atomic E-state index is 0.0605. The van der Waals surface area contributed by atoms with E-state index in [9.17, 15) is 18.0 Å². The SMILES string of the molecule is CC(C)(C)OC(=O)Nc1cc(C2CCCNC2)ccc1OC(F)(F)F. The first kappa shape index (κ1) is 19.4. The number of benzene rings is 1. The molecule has 1 aliphatic rings. The third kappa shape index (κ3) is 6.45. The summed E-state index contributed by atoms with van der Waals surface area (Å²) in [5.41, 5.74) is 0.0162. The number of hydrogen-bond donors (Lipinski definition) is 2. The number of anilines is 1. The number of hydrogen-bond acceptors (Lipinski definition) is 4. The topological polar surface area (TPSA) is 59.6 Å². The molecule has 0 aromatic heterocycles. The Labute approximate surface area is 144 Å². The maximum absolute atomic E-state index is 12.6. The Morgan fingerprint density at radius 1 is 1.28 bits per heavy atom. The molecule has 1 heterocycles. The van der Waals surface area contributed by atoms with Crippen molar-refractivity contribution in [3.63, 3.8) is 0 Å². The Balaban J connectivity index is 2.25. The van der Waals surface area contributed by atoms with Gasteiger partial charge in [-0.05, 0) is 63.8 Å². The highest BCUT2D eigenvalue weighted by Gasteiger charge is 2.33. The van der Waals surface area contributed by atoms with Crippen molar-refractivity contribution in [2.45, 2.75) is 51.5 Å². The number of rotatable bonds is 3. The van der Waals surface area contributed by atoms with Gasteiger partial charge in [0.05, 0.1) is 5.69 Å². The van der Waals surface area contributed by atoms with Crippen LogP contribution in [0.2, 0.25) is 0 Å². The molecule has 25 heavy (non-hydrogen) atoms. The van der Waals surface area contributed by atoms with E-state index in [1.54, 1.807) is 26.8 Å². The van der Waals surface area contributed by atoms with Crippen LogP contribution >= 0.6 is 0 Å². The number of piperidine rings is 1. The zero-order chi connectivity index (χ0) is 18.7. The van der Waals surface area contributed by atoms with E-state index in [-0.39, 0.29) is 11.6 Å². The van der Waals surface area contributed by atoms with Crippen LogP contribution in [-0.4, -0.2) is 31.1 Å². The summed E-state index contributed by atoms with van der Waals surface area (Å²) in [7, 11) is 0. The third-order valence-electron chi connectivity index (χ3n) is 3.63. The van der Waals surface area contributed by atoms with E-state index in [1.807, 2.05) is 0 Å². The lowest BCUT2D eigenvalue weighted by Gasteiger charge is -2.25. The molecule has 1 amide bonds. The number of ether oxygens (including phenoxy) is 2. The monoisotopic (exact) mass is 360 g/mol. The summed E-state index contributed by atoms with van der Waals surface area (Å²) in [6, 6.07) is 4.34.